The molecule has 3 rings (SSSR count). The number of carboxylic acids is 1. The molecule has 0 unspecified atom stereocenters. The van der Waals surface area contributed by atoms with E-state index in [1.54, 1.807) is 24.3 Å². The van der Waals surface area contributed by atoms with Crippen molar-refractivity contribution in [2.45, 2.75) is 20.4 Å². The summed E-state index contributed by atoms with van der Waals surface area (Å²) in [6.07, 6.45) is 0. The van der Waals surface area contributed by atoms with Gasteiger partial charge in [0.2, 0.25) is 0 Å². The summed E-state index contributed by atoms with van der Waals surface area (Å²) in [5.41, 5.74) is 3.29. The monoisotopic (exact) mass is 351 g/mol. The highest BCUT2D eigenvalue weighted by atomic mass is 16.5. The van der Waals surface area contributed by atoms with Crippen molar-refractivity contribution in [2.75, 3.05) is 26.3 Å². The summed E-state index contributed by atoms with van der Waals surface area (Å²) in [7, 11) is 0. The lowest BCUT2D eigenvalue weighted by Gasteiger charge is -2.26. The number of rotatable bonds is 3. The smallest absolute Gasteiger partial charge is 0.335 e. The fourth-order valence-electron chi connectivity index (χ4n) is 2.55. The van der Waals surface area contributed by atoms with Gasteiger partial charge in [-0.05, 0) is 42.0 Å². The van der Waals surface area contributed by atoms with Gasteiger partial charge in [-0.25, -0.2) is 4.79 Å². The van der Waals surface area contributed by atoms with Crippen LogP contribution in [0.15, 0.2) is 48.5 Å². The second-order valence-corrected chi connectivity index (χ2v) is 5.72. The molecule has 0 spiro atoms. The first-order chi connectivity index (χ1) is 12.7. The molecule has 0 aliphatic carbocycles. The Bertz CT molecular complexity index is 749. The molecule has 0 atom stereocenters. The molecule has 26 heavy (non-hydrogen) atoms. The molecule has 1 aliphatic heterocycles. The fourth-order valence-corrected chi connectivity index (χ4v) is 2.55. The molecular weight excluding hydrogens is 326 g/mol. The topological polar surface area (TPSA) is 49.8 Å². The third kappa shape index (κ3) is 6.03. The molecule has 1 N–H and O–H groups in total. The Kier molecular flexibility index (Phi) is 7.88. The molecule has 1 saturated heterocycles. The first-order valence-electron chi connectivity index (χ1n) is 8.95. The van der Waals surface area contributed by atoms with Crippen molar-refractivity contribution in [2.24, 2.45) is 0 Å². The van der Waals surface area contributed by atoms with Gasteiger partial charge in [-0.2, -0.15) is 0 Å². The van der Waals surface area contributed by atoms with E-state index >= 15 is 0 Å². The number of hydrogen-bond acceptors (Lipinski definition) is 3. The average Bonchev–Trinajstić information content (AvgIpc) is 2.70. The van der Waals surface area contributed by atoms with Crippen LogP contribution in [-0.4, -0.2) is 42.3 Å². The molecule has 0 aromatic heterocycles. The second kappa shape index (κ2) is 10.4. The summed E-state index contributed by atoms with van der Waals surface area (Å²) in [6, 6.07) is 14.8. The highest BCUT2D eigenvalue weighted by Crippen LogP contribution is 2.09. The molecule has 4 heteroatoms. The summed E-state index contributed by atoms with van der Waals surface area (Å²) in [5.74, 6) is 5.24. The number of carbonyl (C=O) groups is 1. The van der Waals surface area contributed by atoms with Crippen molar-refractivity contribution < 1.29 is 14.6 Å². The van der Waals surface area contributed by atoms with Crippen molar-refractivity contribution in [3.63, 3.8) is 0 Å². The summed E-state index contributed by atoms with van der Waals surface area (Å²) in [5, 5.41) is 8.88. The molecular formula is C22H25NO3. The molecule has 2 aromatic carbocycles. The van der Waals surface area contributed by atoms with Crippen LogP contribution in [0.4, 0.5) is 0 Å². The summed E-state index contributed by atoms with van der Waals surface area (Å²) in [4.78, 5) is 13.2. The van der Waals surface area contributed by atoms with Gasteiger partial charge in [0.1, 0.15) is 0 Å². The minimum Gasteiger partial charge on any atom is -0.478 e. The van der Waals surface area contributed by atoms with Crippen molar-refractivity contribution >= 4 is 5.97 Å². The number of carboxylic acid groups (broad SMARTS) is 1. The van der Waals surface area contributed by atoms with E-state index in [9.17, 15) is 4.79 Å². The molecule has 0 amide bonds. The maximum atomic E-state index is 10.8. The van der Waals surface area contributed by atoms with E-state index < -0.39 is 5.97 Å². The highest BCUT2D eigenvalue weighted by Gasteiger charge is 2.10. The third-order valence-electron chi connectivity index (χ3n) is 3.95. The number of nitrogens with zero attached hydrogens (tertiary/aromatic N) is 1. The van der Waals surface area contributed by atoms with Gasteiger partial charge in [0.05, 0.1) is 18.8 Å². The largest absolute Gasteiger partial charge is 0.478 e. The Labute approximate surface area is 155 Å². The van der Waals surface area contributed by atoms with Gasteiger partial charge in [0.15, 0.2) is 0 Å². The minimum absolute atomic E-state index is 0.271. The number of aromatic carboxylic acids is 1. The Hall–Kier alpha value is -2.61. The number of hydrogen-bond donors (Lipinski definition) is 1. The Morgan fingerprint density at radius 3 is 1.96 bits per heavy atom. The van der Waals surface area contributed by atoms with Crippen molar-refractivity contribution in [1.82, 2.24) is 4.90 Å². The van der Waals surface area contributed by atoms with Crippen LogP contribution in [-0.2, 0) is 11.3 Å². The number of benzene rings is 2. The van der Waals surface area contributed by atoms with Gasteiger partial charge in [0.25, 0.3) is 0 Å². The standard InChI is InChI=1S/C20H19NO3.C2H6/c22-20(23)19-9-7-17(8-10-19)2-1-16-3-5-18(6-4-16)15-21-11-13-24-14-12-21;1-2/h3-10H,11-15H2,(H,22,23);1-2H3. The first-order valence-corrected chi connectivity index (χ1v) is 8.95. The van der Waals surface area contributed by atoms with E-state index in [0.29, 0.717) is 0 Å². The van der Waals surface area contributed by atoms with E-state index in [1.807, 2.05) is 26.0 Å². The van der Waals surface area contributed by atoms with Crippen LogP contribution in [0.2, 0.25) is 0 Å². The molecule has 4 nitrogen and oxygen atoms in total. The lowest BCUT2D eigenvalue weighted by Crippen LogP contribution is -2.35. The predicted molar refractivity (Wildman–Crippen MR) is 103 cm³/mol. The predicted octanol–water partition coefficient (Wildman–Crippen LogP) is 3.64. The van der Waals surface area contributed by atoms with Gasteiger partial charge in [0, 0.05) is 30.8 Å². The van der Waals surface area contributed by atoms with Crippen LogP contribution < -0.4 is 0 Å². The zero-order valence-corrected chi connectivity index (χ0v) is 15.4. The molecule has 2 aromatic rings. The van der Waals surface area contributed by atoms with Crippen LogP contribution in [0, 0.1) is 11.8 Å². The maximum Gasteiger partial charge on any atom is 0.335 e. The average molecular weight is 351 g/mol. The SMILES string of the molecule is CC.O=C(O)c1ccc(C#Cc2ccc(CN3CCOCC3)cc2)cc1. The Morgan fingerprint density at radius 2 is 1.46 bits per heavy atom. The normalized spacial score (nSPS) is 13.8. The van der Waals surface area contributed by atoms with E-state index in [-0.39, 0.29) is 5.56 Å². The number of ether oxygens (including phenoxy) is 1. The van der Waals surface area contributed by atoms with Crippen LogP contribution in [0.5, 0.6) is 0 Å². The zero-order valence-electron chi connectivity index (χ0n) is 15.4. The minimum atomic E-state index is -0.926. The lowest BCUT2D eigenvalue weighted by atomic mass is 10.1. The van der Waals surface area contributed by atoms with Crippen LogP contribution >= 0.6 is 0 Å². The first kappa shape index (κ1) is 19.7. The highest BCUT2D eigenvalue weighted by molar-refractivity contribution is 5.87. The maximum absolute atomic E-state index is 10.8. The van der Waals surface area contributed by atoms with E-state index in [2.05, 4.69) is 28.9 Å². The van der Waals surface area contributed by atoms with E-state index in [1.165, 1.54) is 5.56 Å². The lowest BCUT2D eigenvalue weighted by molar-refractivity contribution is 0.0342. The summed E-state index contributed by atoms with van der Waals surface area (Å²) in [6.45, 7) is 8.52. The Morgan fingerprint density at radius 1 is 0.962 bits per heavy atom. The fraction of sp³-hybridized carbons (Fsp3) is 0.318. The summed E-state index contributed by atoms with van der Waals surface area (Å²) < 4.78 is 5.36. The van der Waals surface area contributed by atoms with Crippen molar-refractivity contribution in [3.05, 3.63) is 70.8 Å². The van der Waals surface area contributed by atoms with Gasteiger partial charge >= 0.3 is 5.97 Å². The molecule has 1 fully saturated rings. The van der Waals surface area contributed by atoms with Gasteiger partial charge in [-0.15, -0.1) is 0 Å². The third-order valence-corrected chi connectivity index (χ3v) is 3.95. The van der Waals surface area contributed by atoms with Gasteiger partial charge in [-0.1, -0.05) is 37.8 Å². The zero-order chi connectivity index (χ0) is 18.8. The molecule has 0 radical (unpaired) electrons. The quantitative estimate of drug-likeness (QED) is 0.858. The molecule has 0 saturated carbocycles. The van der Waals surface area contributed by atoms with Crippen LogP contribution in [0.3, 0.4) is 0 Å². The molecule has 0 bridgehead atoms. The van der Waals surface area contributed by atoms with E-state index in [4.69, 9.17) is 9.84 Å². The molecule has 1 heterocycles. The summed E-state index contributed by atoms with van der Waals surface area (Å²) >= 11 is 0. The van der Waals surface area contributed by atoms with Crippen LogP contribution in [0.1, 0.15) is 40.9 Å². The van der Waals surface area contributed by atoms with Gasteiger partial charge < -0.3 is 9.84 Å². The Balaban J connectivity index is 0.00000117. The van der Waals surface area contributed by atoms with E-state index in [0.717, 1.165) is 44.0 Å². The number of morpholine rings is 1. The molecule has 136 valence electrons. The van der Waals surface area contributed by atoms with Crippen LogP contribution in [0.25, 0.3) is 0 Å². The van der Waals surface area contributed by atoms with Crippen molar-refractivity contribution in [3.8, 4) is 11.8 Å². The molecule has 1 aliphatic rings. The van der Waals surface area contributed by atoms with Gasteiger partial charge in [-0.3, -0.25) is 4.90 Å². The second-order valence-electron chi connectivity index (χ2n) is 5.72. The van der Waals surface area contributed by atoms with Crippen molar-refractivity contribution in [1.29, 1.82) is 0 Å².